The second-order valence-electron chi connectivity index (χ2n) is 2.57. The van der Waals surface area contributed by atoms with Gasteiger partial charge in [0.2, 0.25) is 0 Å². The van der Waals surface area contributed by atoms with E-state index in [1.807, 2.05) is 0 Å². The zero-order valence-corrected chi connectivity index (χ0v) is 8.14. The van der Waals surface area contributed by atoms with Gasteiger partial charge in [-0.25, -0.2) is 4.39 Å². The topological polar surface area (TPSA) is 20.2 Å². The SMILES string of the molecule is Oc1ccc(F)cc1CCCBr. The van der Waals surface area contributed by atoms with Crippen LogP contribution in [-0.4, -0.2) is 10.4 Å². The van der Waals surface area contributed by atoms with Crippen LogP contribution in [-0.2, 0) is 6.42 Å². The van der Waals surface area contributed by atoms with E-state index in [0.717, 1.165) is 11.8 Å². The van der Waals surface area contributed by atoms with Gasteiger partial charge in [-0.2, -0.15) is 0 Å². The van der Waals surface area contributed by atoms with E-state index in [-0.39, 0.29) is 11.6 Å². The first kappa shape index (κ1) is 9.52. The summed E-state index contributed by atoms with van der Waals surface area (Å²) in [6.45, 7) is 0. The Balaban J connectivity index is 2.75. The van der Waals surface area contributed by atoms with Crippen LogP contribution in [0.2, 0.25) is 0 Å². The number of benzene rings is 1. The van der Waals surface area contributed by atoms with Gasteiger partial charge in [-0.3, -0.25) is 0 Å². The molecule has 0 spiro atoms. The number of aryl methyl sites for hydroxylation is 1. The number of aromatic hydroxyl groups is 1. The zero-order valence-electron chi connectivity index (χ0n) is 6.56. The van der Waals surface area contributed by atoms with Crippen molar-refractivity contribution < 1.29 is 9.50 Å². The van der Waals surface area contributed by atoms with Crippen LogP contribution in [0, 0.1) is 5.82 Å². The maximum atomic E-state index is 12.7. The molecular weight excluding hydrogens is 223 g/mol. The van der Waals surface area contributed by atoms with Gasteiger partial charge in [-0.05, 0) is 36.6 Å². The summed E-state index contributed by atoms with van der Waals surface area (Å²) in [6.07, 6.45) is 1.60. The molecule has 1 rings (SSSR count). The van der Waals surface area contributed by atoms with Crippen LogP contribution >= 0.6 is 15.9 Å². The smallest absolute Gasteiger partial charge is 0.123 e. The van der Waals surface area contributed by atoms with Crippen LogP contribution in [0.15, 0.2) is 18.2 Å². The number of halogens is 2. The van der Waals surface area contributed by atoms with E-state index in [1.165, 1.54) is 18.2 Å². The van der Waals surface area contributed by atoms with Crippen molar-refractivity contribution in [3.8, 4) is 5.75 Å². The van der Waals surface area contributed by atoms with Crippen LogP contribution < -0.4 is 0 Å². The monoisotopic (exact) mass is 232 g/mol. The maximum Gasteiger partial charge on any atom is 0.123 e. The van der Waals surface area contributed by atoms with E-state index in [1.54, 1.807) is 0 Å². The first-order chi connectivity index (χ1) is 5.74. The van der Waals surface area contributed by atoms with Crippen LogP contribution in [0.3, 0.4) is 0 Å². The van der Waals surface area contributed by atoms with E-state index < -0.39 is 0 Å². The Morgan fingerprint density at radius 1 is 1.42 bits per heavy atom. The second kappa shape index (κ2) is 4.45. The fraction of sp³-hybridized carbons (Fsp3) is 0.333. The molecule has 1 N–H and O–H groups in total. The first-order valence-electron chi connectivity index (χ1n) is 3.77. The van der Waals surface area contributed by atoms with Crippen molar-refractivity contribution in [1.29, 1.82) is 0 Å². The molecule has 1 aromatic carbocycles. The lowest BCUT2D eigenvalue weighted by molar-refractivity contribution is 0.465. The Labute approximate surface area is 79.4 Å². The van der Waals surface area contributed by atoms with E-state index in [9.17, 15) is 9.50 Å². The fourth-order valence-corrected chi connectivity index (χ4v) is 1.29. The maximum absolute atomic E-state index is 12.7. The molecule has 0 fully saturated rings. The molecule has 0 aliphatic heterocycles. The summed E-state index contributed by atoms with van der Waals surface area (Å²) < 4.78 is 12.7. The van der Waals surface area contributed by atoms with Gasteiger partial charge in [0.25, 0.3) is 0 Å². The fourth-order valence-electron chi connectivity index (χ4n) is 1.01. The molecular formula is C9H10BrFO. The average Bonchev–Trinajstić information content (AvgIpc) is 2.07. The standard InChI is InChI=1S/C9H10BrFO/c10-5-1-2-7-6-8(11)3-4-9(7)12/h3-4,6,12H,1-2,5H2. The molecule has 1 nitrogen and oxygen atoms in total. The molecule has 0 atom stereocenters. The molecule has 0 unspecified atom stereocenters. The van der Waals surface area contributed by atoms with Crippen molar-refractivity contribution in [2.24, 2.45) is 0 Å². The Hall–Kier alpha value is -0.570. The molecule has 66 valence electrons. The number of rotatable bonds is 3. The van der Waals surface area contributed by atoms with Gasteiger partial charge in [0.1, 0.15) is 11.6 Å². The van der Waals surface area contributed by atoms with E-state index >= 15 is 0 Å². The molecule has 0 saturated heterocycles. The number of hydrogen-bond acceptors (Lipinski definition) is 1. The molecule has 12 heavy (non-hydrogen) atoms. The minimum atomic E-state index is -0.294. The third-order valence-electron chi connectivity index (χ3n) is 1.62. The van der Waals surface area contributed by atoms with Crippen molar-refractivity contribution in [2.75, 3.05) is 5.33 Å². The summed E-state index contributed by atoms with van der Waals surface area (Å²) in [7, 11) is 0. The van der Waals surface area contributed by atoms with Gasteiger partial charge in [-0.1, -0.05) is 15.9 Å². The number of phenols is 1. The number of alkyl halides is 1. The molecule has 1 aromatic rings. The van der Waals surface area contributed by atoms with Gasteiger partial charge < -0.3 is 5.11 Å². The minimum Gasteiger partial charge on any atom is -0.508 e. The van der Waals surface area contributed by atoms with Gasteiger partial charge in [0, 0.05) is 5.33 Å². The molecule has 0 heterocycles. The van der Waals surface area contributed by atoms with Crippen LogP contribution in [0.1, 0.15) is 12.0 Å². The Morgan fingerprint density at radius 2 is 2.17 bits per heavy atom. The molecule has 0 bridgehead atoms. The third kappa shape index (κ3) is 2.48. The summed E-state index contributed by atoms with van der Waals surface area (Å²) in [5.74, 6) is -0.116. The highest BCUT2D eigenvalue weighted by Gasteiger charge is 2.01. The zero-order chi connectivity index (χ0) is 8.97. The van der Waals surface area contributed by atoms with Crippen molar-refractivity contribution in [2.45, 2.75) is 12.8 Å². The first-order valence-corrected chi connectivity index (χ1v) is 4.89. The molecule has 0 saturated carbocycles. The Morgan fingerprint density at radius 3 is 2.83 bits per heavy atom. The largest absolute Gasteiger partial charge is 0.508 e. The molecule has 0 aliphatic carbocycles. The number of phenolic OH excluding ortho intramolecular Hbond substituents is 1. The van der Waals surface area contributed by atoms with Gasteiger partial charge >= 0.3 is 0 Å². The lowest BCUT2D eigenvalue weighted by Gasteiger charge is -2.02. The molecule has 0 amide bonds. The molecule has 0 radical (unpaired) electrons. The summed E-state index contributed by atoms with van der Waals surface area (Å²) in [5.41, 5.74) is 0.675. The highest BCUT2D eigenvalue weighted by molar-refractivity contribution is 9.09. The lowest BCUT2D eigenvalue weighted by Crippen LogP contribution is -1.88. The predicted molar refractivity (Wildman–Crippen MR) is 50.2 cm³/mol. The number of hydrogen-bond donors (Lipinski definition) is 1. The van der Waals surface area contributed by atoms with E-state index in [2.05, 4.69) is 15.9 Å². The summed E-state index contributed by atoms with van der Waals surface area (Å²) in [6, 6.07) is 4.02. The minimum absolute atomic E-state index is 0.178. The van der Waals surface area contributed by atoms with E-state index in [0.29, 0.717) is 12.0 Å². The van der Waals surface area contributed by atoms with Crippen LogP contribution in [0.5, 0.6) is 5.75 Å². The van der Waals surface area contributed by atoms with Crippen LogP contribution in [0.4, 0.5) is 4.39 Å². The molecule has 0 aliphatic rings. The third-order valence-corrected chi connectivity index (χ3v) is 2.18. The quantitative estimate of drug-likeness (QED) is 0.796. The van der Waals surface area contributed by atoms with Gasteiger partial charge in [-0.15, -0.1) is 0 Å². The van der Waals surface area contributed by atoms with Crippen molar-refractivity contribution in [3.63, 3.8) is 0 Å². The van der Waals surface area contributed by atoms with Gasteiger partial charge in [0.05, 0.1) is 0 Å². The van der Waals surface area contributed by atoms with Crippen molar-refractivity contribution >= 4 is 15.9 Å². The summed E-state index contributed by atoms with van der Waals surface area (Å²) >= 11 is 3.27. The Kier molecular flexibility index (Phi) is 3.53. The summed E-state index contributed by atoms with van der Waals surface area (Å²) in [4.78, 5) is 0. The van der Waals surface area contributed by atoms with Crippen molar-refractivity contribution in [3.05, 3.63) is 29.6 Å². The molecule has 3 heteroatoms. The highest BCUT2D eigenvalue weighted by Crippen LogP contribution is 2.19. The van der Waals surface area contributed by atoms with Crippen molar-refractivity contribution in [1.82, 2.24) is 0 Å². The molecule has 0 aromatic heterocycles. The lowest BCUT2D eigenvalue weighted by atomic mass is 10.1. The average molecular weight is 233 g/mol. The Bertz CT molecular complexity index is 263. The predicted octanol–water partition coefficient (Wildman–Crippen LogP) is 2.86. The summed E-state index contributed by atoms with van der Waals surface area (Å²) in [5, 5.41) is 10.1. The van der Waals surface area contributed by atoms with Gasteiger partial charge in [0.15, 0.2) is 0 Å². The highest BCUT2D eigenvalue weighted by atomic mass is 79.9. The van der Waals surface area contributed by atoms with E-state index in [4.69, 9.17) is 0 Å². The normalized spacial score (nSPS) is 10.2. The van der Waals surface area contributed by atoms with Crippen LogP contribution in [0.25, 0.3) is 0 Å². The second-order valence-corrected chi connectivity index (χ2v) is 3.36.